The molecular formula is C59H92N4O6. The minimum Gasteiger partial charge on any atom is -0.456 e. The number of hydrogen-bond donors (Lipinski definition) is 0. The van der Waals surface area contributed by atoms with Gasteiger partial charge in [0.1, 0.15) is 6.10 Å². The summed E-state index contributed by atoms with van der Waals surface area (Å²) in [6, 6.07) is 31.9. The zero-order valence-electron chi connectivity index (χ0n) is 45.5. The number of pyridine rings is 4. The second-order valence-electron chi connectivity index (χ2n) is 16.1. The van der Waals surface area contributed by atoms with Gasteiger partial charge in [0.05, 0.1) is 22.8 Å². The van der Waals surface area contributed by atoms with Gasteiger partial charge < -0.3 is 14.2 Å². The predicted octanol–water partition coefficient (Wildman–Crippen LogP) is 16.6. The van der Waals surface area contributed by atoms with E-state index >= 15 is 0 Å². The van der Waals surface area contributed by atoms with E-state index in [2.05, 4.69) is 103 Å². The Morgan fingerprint density at radius 3 is 1.00 bits per heavy atom. The lowest BCUT2D eigenvalue weighted by molar-refractivity contribution is -0.150. The molecule has 1 aliphatic carbocycles. The molecule has 6 rings (SSSR count). The number of aromatic nitrogens is 4. The van der Waals surface area contributed by atoms with Crippen LogP contribution in [-0.2, 0) is 28.6 Å². The standard InChI is InChI=1S/C14H19NO2.C14H13NO2.C13H12N2O2.6C3H8/c2*1-11(16)17-14(12-7-3-2-4-8-12)13-9-5-6-10-15-13;1-10(16)17-13(11-6-2-4-8-14-11)12-7-3-5-9-15-12;6*1-3-2/h5-6,9-10,12,14H,2-4,7-8H2,1H3;2-10,14H,1H3;2-9,13H,1H3;6*3H2,1-2H3. The highest BCUT2D eigenvalue weighted by Gasteiger charge is 2.28. The molecule has 4 heterocycles. The fourth-order valence-corrected chi connectivity index (χ4v) is 5.68. The van der Waals surface area contributed by atoms with Crippen LogP contribution in [0, 0.1) is 5.92 Å². The first-order valence-electron chi connectivity index (χ1n) is 25.5. The van der Waals surface area contributed by atoms with Crippen LogP contribution < -0.4 is 0 Å². The van der Waals surface area contributed by atoms with Crippen molar-refractivity contribution in [3.63, 3.8) is 0 Å². The van der Waals surface area contributed by atoms with Gasteiger partial charge in [0.2, 0.25) is 0 Å². The van der Waals surface area contributed by atoms with Crippen molar-refractivity contribution in [3.8, 4) is 0 Å². The molecule has 1 saturated carbocycles. The van der Waals surface area contributed by atoms with Crippen molar-refractivity contribution in [3.05, 3.63) is 156 Å². The molecule has 10 heteroatoms. The molecule has 0 amide bonds. The molecule has 1 aliphatic rings. The Hall–Kier alpha value is -5.77. The smallest absolute Gasteiger partial charge is 0.303 e. The van der Waals surface area contributed by atoms with Crippen molar-refractivity contribution in [2.75, 3.05) is 0 Å². The van der Waals surface area contributed by atoms with Crippen molar-refractivity contribution >= 4 is 17.9 Å². The normalized spacial score (nSPS) is 11.6. The molecule has 2 atom stereocenters. The zero-order valence-corrected chi connectivity index (χ0v) is 45.5. The molecule has 1 fully saturated rings. The number of rotatable bonds is 9. The second kappa shape index (κ2) is 48.7. The SMILES string of the molecule is CC(=O)OC(c1ccccc1)c1ccccn1.CC(=O)OC(c1ccccn1)C1CCCCC1.CC(=O)OC(c1ccccn1)c1ccccn1.CCC.CCC.CCC.CCC.CCC.CCC. The summed E-state index contributed by atoms with van der Waals surface area (Å²) < 4.78 is 16.1. The van der Waals surface area contributed by atoms with Crippen molar-refractivity contribution in [2.45, 2.75) is 193 Å². The average Bonchev–Trinajstić information content (AvgIpc) is 3.35. The van der Waals surface area contributed by atoms with Crippen LogP contribution in [0.2, 0.25) is 0 Å². The summed E-state index contributed by atoms with van der Waals surface area (Å²) in [6.07, 6.45) is 19.2. The van der Waals surface area contributed by atoms with Gasteiger partial charge in [-0.3, -0.25) is 34.3 Å². The molecule has 0 spiro atoms. The van der Waals surface area contributed by atoms with E-state index in [0.29, 0.717) is 17.3 Å². The number of nitrogens with zero attached hydrogens (tertiary/aromatic N) is 4. The lowest BCUT2D eigenvalue weighted by atomic mass is 9.84. The Morgan fingerprint density at radius 1 is 0.406 bits per heavy atom. The minimum absolute atomic E-state index is 0.158. The maximum atomic E-state index is 11.2. The van der Waals surface area contributed by atoms with Crippen LogP contribution >= 0.6 is 0 Å². The molecule has 0 bridgehead atoms. The first-order chi connectivity index (χ1) is 33.3. The third kappa shape index (κ3) is 36.9. The summed E-state index contributed by atoms with van der Waals surface area (Å²) in [5, 5.41) is 0. The van der Waals surface area contributed by atoms with Gasteiger partial charge in [-0.05, 0) is 66.9 Å². The zero-order chi connectivity index (χ0) is 52.5. The Morgan fingerprint density at radius 2 is 0.696 bits per heavy atom. The molecule has 2 unspecified atom stereocenters. The maximum Gasteiger partial charge on any atom is 0.303 e. The van der Waals surface area contributed by atoms with Crippen molar-refractivity contribution in [1.82, 2.24) is 19.9 Å². The van der Waals surface area contributed by atoms with Crippen molar-refractivity contribution in [2.24, 2.45) is 5.92 Å². The van der Waals surface area contributed by atoms with E-state index < -0.39 is 12.2 Å². The highest BCUT2D eigenvalue weighted by Crippen LogP contribution is 2.36. The van der Waals surface area contributed by atoms with Crippen LogP contribution in [0.5, 0.6) is 0 Å². The van der Waals surface area contributed by atoms with Gasteiger partial charge in [0.25, 0.3) is 0 Å². The molecule has 0 saturated heterocycles. The number of benzene rings is 1. The lowest BCUT2D eigenvalue weighted by Crippen LogP contribution is -2.21. The summed E-state index contributed by atoms with van der Waals surface area (Å²) >= 11 is 0. The van der Waals surface area contributed by atoms with Crippen LogP contribution in [0.3, 0.4) is 0 Å². The van der Waals surface area contributed by atoms with Gasteiger partial charge in [0, 0.05) is 51.5 Å². The van der Waals surface area contributed by atoms with E-state index in [-0.39, 0.29) is 24.0 Å². The summed E-state index contributed by atoms with van der Waals surface area (Å²) in [7, 11) is 0. The summed E-state index contributed by atoms with van der Waals surface area (Å²) in [5.74, 6) is -0.454. The van der Waals surface area contributed by atoms with Crippen molar-refractivity contribution in [1.29, 1.82) is 0 Å². The molecule has 10 nitrogen and oxygen atoms in total. The number of esters is 3. The number of carbonyl (C=O) groups excluding carboxylic acids is 3. The van der Waals surface area contributed by atoms with Crippen molar-refractivity contribution < 1.29 is 28.6 Å². The van der Waals surface area contributed by atoms with E-state index in [4.69, 9.17) is 14.2 Å². The van der Waals surface area contributed by atoms with Crippen LogP contribution in [0.25, 0.3) is 0 Å². The molecular weight excluding hydrogens is 861 g/mol. The topological polar surface area (TPSA) is 130 Å². The largest absolute Gasteiger partial charge is 0.456 e. The summed E-state index contributed by atoms with van der Waals surface area (Å²) in [5.41, 5.74) is 3.87. The molecule has 384 valence electrons. The van der Waals surface area contributed by atoms with Crippen LogP contribution in [0.1, 0.15) is 221 Å². The molecule has 0 aliphatic heterocycles. The van der Waals surface area contributed by atoms with Gasteiger partial charge in [-0.2, -0.15) is 0 Å². The second-order valence-corrected chi connectivity index (χ2v) is 16.1. The Balaban J connectivity index is -0.000000805. The monoisotopic (exact) mass is 953 g/mol. The molecule has 0 radical (unpaired) electrons. The molecule has 69 heavy (non-hydrogen) atoms. The van der Waals surface area contributed by atoms with Gasteiger partial charge in [-0.15, -0.1) is 0 Å². The summed E-state index contributed by atoms with van der Waals surface area (Å²) in [6.45, 7) is 29.7. The Bertz CT molecular complexity index is 1660. The highest BCUT2D eigenvalue weighted by molar-refractivity contribution is 5.67. The first kappa shape index (κ1) is 67.5. The van der Waals surface area contributed by atoms with E-state index in [9.17, 15) is 14.4 Å². The van der Waals surface area contributed by atoms with E-state index in [1.54, 1.807) is 24.8 Å². The lowest BCUT2D eigenvalue weighted by Gasteiger charge is -2.29. The van der Waals surface area contributed by atoms with Gasteiger partial charge >= 0.3 is 17.9 Å². The van der Waals surface area contributed by atoms with Crippen LogP contribution in [0.4, 0.5) is 0 Å². The van der Waals surface area contributed by atoms with E-state index in [1.807, 2.05) is 103 Å². The highest BCUT2D eigenvalue weighted by atomic mass is 16.6. The summed E-state index contributed by atoms with van der Waals surface area (Å²) in [4.78, 5) is 50.4. The van der Waals surface area contributed by atoms with Gasteiger partial charge in [-0.1, -0.05) is 195 Å². The average molecular weight is 953 g/mol. The molecule has 0 N–H and O–H groups in total. The predicted molar refractivity (Wildman–Crippen MR) is 287 cm³/mol. The molecule has 5 aromatic rings. The first-order valence-corrected chi connectivity index (χ1v) is 25.5. The Kier molecular flexibility index (Phi) is 47.6. The fourth-order valence-electron chi connectivity index (χ4n) is 5.68. The van der Waals surface area contributed by atoms with Gasteiger partial charge in [-0.25, -0.2) is 0 Å². The molecule has 1 aromatic carbocycles. The Labute approximate surface area is 419 Å². The third-order valence-electron chi connectivity index (χ3n) is 7.89. The maximum absolute atomic E-state index is 11.2. The fraction of sp³-hybridized carbons (Fsp3) is 0.508. The third-order valence-corrected chi connectivity index (χ3v) is 7.89. The molecule has 4 aromatic heterocycles. The van der Waals surface area contributed by atoms with E-state index in [0.717, 1.165) is 29.8 Å². The van der Waals surface area contributed by atoms with Crippen LogP contribution in [0.15, 0.2) is 128 Å². The minimum atomic E-state index is -0.546. The number of hydrogen-bond acceptors (Lipinski definition) is 10. The van der Waals surface area contributed by atoms with E-state index in [1.165, 1.54) is 78.6 Å². The number of carbonyl (C=O) groups is 3. The quantitative estimate of drug-likeness (QED) is 0.104. The van der Waals surface area contributed by atoms with Crippen LogP contribution in [-0.4, -0.2) is 37.8 Å². The number of ether oxygens (including phenoxy) is 3. The van der Waals surface area contributed by atoms with Gasteiger partial charge in [0.15, 0.2) is 12.2 Å².